The number of piperazine rings is 1. The Kier molecular flexibility index (Phi) is 11.3. The average molecular weight is 742 g/mol. The Hall–Kier alpha value is -5.30. The second-order valence-electron chi connectivity index (χ2n) is 14.4. The number of nitrogens with zero attached hydrogens (tertiary/aromatic N) is 9. The normalized spacial score (nSPS) is 16.3. The van der Waals surface area contributed by atoms with E-state index in [2.05, 4.69) is 80.0 Å². The maximum absolute atomic E-state index is 5.69. The number of fused-ring (bicyclic) bond motifs is 1. The van der Waals surface area contributed by atoms with Crippen LogP contribution >= 0.6 is 0 Å². The summed E-state index contributed by atoms with van der Waals surface area (Å²) in [5.41, 5.74) is 7.65. The fourth-order valence-electron chi connectivity index (χ4n) is 7.65. The smallest absolute Gasteiger partial charge is 0.228 e. The molecule has 0 aliphatic carbocycles. The fraction of sp³-hybridized carbons (Fsp3) is 0.395. The molecule has 0 unspecified atom stereocenters. The van der Waals surface area contributed by atoms with Crippen LogP contribution in [-0.4, -0.2) is 110 Å². The molecule has 0 N–H and O–H groups in total. The number of morpholine rings is 1. The van der Waals surface area contributed by atoms with Crippen LogP contribution in [-0.2, 0) is 30.8 Å². The van der Waals surface area contributed by atoms with E-state index in [0.29, 0.717) is 32.3 Å². The van der Waals surface area contributed by atoms with Crippen LogP contribution in [0.4, 0.5) is 23.4 Å². The Bertz CT molecular complexity index is 1950. The van der Waals surface area contributed by atoms with Crippen LogP contribution < -0.4 is 24.2 Å². The number of aromatic nitrogens is 4. The number of ether oxygens (including phenoxy) is 3. The van der Waals surface area contributed by atoms with Crippen molar-refractivity contribution in [2.45, 2.75) is 33.0 Å². The first-order valence-electron chi connectivity index (χ1n) is 19.4. The van der Waals surface area contributed by atoms with Crippen molar-refractivity contribution >= 4 is 23.4 Å². The van der Waals surface area contributed by atoms with Gasteiger partial charge in [0.25, 0.3) is 0 Å². The van der Waals surface area contributed by atoms with Crippen molar-refractivity contribution in [3.05, 3.63) is 107 Å². The molecule has 0 amide bonds. The van der Waals surface area contributed by atoms with Crippen LogP contribution in [0.1, 0.15) is 29.2 Å². The lowest BCUT2D eigenvalue weighted by atomic mass is 10.1. The summed E-state index contributed by atoms with van der Waals surface area (Å²) < 4.78 is 16.5. The molecule has 3 aliphatic rings. The third-order valence-electron chi connectivity index (χ3n) is 10.9. The molecular formula is C43H51N9O3. The standard InChI is InChI=1S/C43H51N9O3/c1-4-48-19-21-49(22-20-48)29-32-5-11-36(12-6-32)52-18-17-39-40(46-43(47-41(39)52)50-23-25-55-26-24-50)35-27-44-42(45-28-35)51(30-33-7-13-37(53-2)14-8-33)31-34-9-15-38(54-3)16-10-34/h5-16,27-28H,4,17-26,29-31H2,1-3H3. The lowest BCUT2D eigenvalue weighted by Crippen LogP contribution is -2.45. The monoisotopic (exact) mass is 741 g/mol. The molecule has 12 heteroatoms. The van der Waals surface area contributed by atoms with Crippen LogP contribution in [0.3, 0.4) is 0 Å². The van der Waals surface area contributed by atoms with Crippen molar-refractivity contribution in [3.8, 4) is 22.8 Å². The molecule has 0 radical (unpaired) electrons. The molecule has 5 heterocycles. The zero-order chi connectivity index (χ0) is 37.6. The SMILES string of the molecule is CCN1CCN(Cc2ccc(N3CCc4c(-c5cnc(N(Cc6ccc(OC)cc6)Cc6ccc(OC)cc6)nc5)nc(N5CCOCC5)nc43)cc2)CC1. The van der Waals surface area contributed by atoms with E-state index < -0.39 is 0 Å². The maximum Gasteiger partial charge on any atom is 0.228 e. The second kappa shape index (κ2) is 17.0. The first kappa shape index (κ1) is 36.7. The Morgan fingerprint density at radius 2 is 1.25 bits per heavy atom. The predicted molar refractivity (Wildman–Crippen MR) is 217 cm³/mol. The number of hydrogen-bond donors (Lipinski definition) is 0. The van der Waals surface area contributed by atoms with Crippen molar-refractivity contribution < 1.29 is 14.2 Å². The third-order valence-corrected chi connectivity index (χ3v) is 10.9. The number of likely N-dealkylation sites (N-methyl/N-ethyl adjacent to an activating group) is 1. The highest BCUT2D eigenvalue weighted by molar-refractivity contribution is 5.76. The van der Waals surface area contributed by atoms with E-state index in [1.54, 1.807) is 14.2 Å². The van der Waals surface area contributed by atoms with Gasteiger partial charge in [0.2, 0.25) is 11.9 Å². The van der Waals surface area contributed by atoms with Crippen molar-refractivity contribution in [1.82, 2.24) is 29.7 Å². The first-order valence-corrected chi connectivity index (χ1v) is 19.4. The van der Waals surface area contributed by atoms with Gasteiger partial charge in [0.1, 0.15) is 17.3 Å². The molecule has 3 aliphatic heterocycles. The first-order chi connectivity index (χ1) is 27.1. The van der Waals surface area contributed by atoms with Gasteiger partial charge in [-0.3, -0.25) is 4.90 Å². The van der Waals surface area contributed by atoms with Crippen molar-refractivity contribution in [2.75, 3.05) is 94.5 Å². The largest absolute Gasteiger partial charge is 0.497 e. The second-order valence-corrected chi connectivity index (χ2v) is 14.4. The molecule has 5 aromatic rings. The predicted octanol–water partition coefficient (Wildman–Crippen LogP) is 5.83. The van der Waals surface area contributed by atoms with Crippen LogP contribution in [0.2, 0.25) is 0 Å². The molecular weight excluding hydrogens is 691 g/mol. The van der Waals surface area contributed by atoms with Crippen LogP contribution in [0, 0.1) is 0 Å². The lowest BCUT2D eigenvalue weighted by molar-refractivity contribution is 0.122. The van der Waals surface area contributed by atoms with Crippen LogP contribution in [0.25, 0.3) is 11.3 Å². The van der Waals surface area contributed by atoms with Gasteiger partial charge in [-0.1, -0.05) is 43.3 Å². The molecule has 2 fully saturated rings. The molecule has 8 rings (SSSR count). The zero-order valence-corrected chi connectivity index (χ0v) is 32.2. The molecule has 2 aromatic heterocycles. The highest BCUT2D eigenvalue weighted by Gasteiger charge is 2.30. The van der Waals surface area contributed by atoms with Crippen LogP contribution in [0.5, 0.6) is 11.5 Å². The summed E-state index contributed by atoms with van der Waals surface area (Å²) in [7, 11) is 3.37. The van der Waals surface area contributed by atoms with Gasteiger partial charge >= 0.3 is 0 Å². The summed E-state index contributed by atoms with van der Waals surface area (Å²) in [5.74, 6) is 3.97. The van der Waals surface area contributed by atoms with E-state index in [9.17, 15) is 0 Å². The van der Waals surface area contributed by atoms with Gasteiger partial charge in [0.05, 0.1) is 33.1 Å². The number of benzene rings is 3. The Morgan fingerprint density at radius 3 is 1.84 bits per heavy atom. The minimum absolute atomic E-state index is 0.628. The summed E-state index contributed by atoms with van der Waals surface area (Å²) >= 11 is 0. The quantitative estimate of drug-likeness (QED) is 0.146. The Balaban J connectivity index is 1.07. The molecule has 0 bridgehead atoms. The van der Waals surface area contributed by atoms with Crippen LogP contribution in [0.15, 0.2) is 85.2 Å². The molecule has 286 valence electrons. The van der Waals surface area contributed by atoms with Gasteiger partial charge in [-0.15, -0.1) is 0 Å². The topological polar surface area (TPSA) is 95.5 Å². The summed E-state index contributed by atoms with van der Waals surface area (Å²) in [5, 5.41) is 0. The summed E-state index contributed by atoms with van der Waals surface area (Å²) in [4.78, 5) is 32.2. The van der Waals surface area contributed by atoms with Gasteiger partial charge < -0.3 is 33.8 Å². The van der Waals surface area contributed by atoms with E-state index in [4.69, 9.17) is 34.1 Å². The minimum Gasteiger partial charge on any atom is -0.497 e. The van der Waals surface area contributed by atoms with E-state index in [1.165, 1.54) is 5.56 Å². The fourth-order valence-corrected chi connectivity index (χ4v) is 7.65. The molecule has 0 atom stereocenters. The molecule has 2 saturated heterocycles. The van der Waals surface area contributed by atoms with Gasteiger partial charge in [-0.2, -0.15) is 4.98 Å². The minimum atomic E-state index is 0.628. The maximum atomic E-state index is 5.69. The van der Waals surface area contributed by atoms with Gasteiger partial charge in [0.15, 0.2) is 0 Å². The lowest BCUT2D eigenvalue weighted by Gasteiger charge is -2.34. The molecule has 12 nitrogen and oxygen atoms in total. The third kappa shape index (κ3) is 8.51. The molecule has 55 heavy (non-hydrogen) atoms. The van der Waals surface area contributed by atoms with Crippen molar-refractivity contribution in [1.29, 1.82) is 0 Å². The number of anilines is 4. The van der Waals surface area contributed by atoms with Gasteiger partial charge in [-0.05, 0) is 66.1 Å². The zero-order valence-electron chi connectivity index (χ0n) is 32.2. The molecule has 0 spiro atoms. The van der Waals surface area contributed by atoms with E-state index >= 15 is 0 Å². The summed E-state index contributed by atoms with van der Waals surface area (Å²) in [6.45, 7) is 13.8. The van der Waals surface area contributed by atoms with Gasteiger partial charge in [0, 0.05) is 94.7 Å². The van der Waals surface area contributed by atoms with E-state index in [1.807, 2.05) is 36.7 Å². The number of hydrogen-bond acceptors (Lipinski definition) is 12. The molecule has 3 aromatic carbocycles. The Labute approximate surface area is 324 Å². The summed E-state index contributed by atoms with van der Waals surface area (Å²) in [6.07, 6.45) is 4.67. The van der Waals surface area contributed by atoms with Crippen molar-refractivity contribution in [2.24, 2.45) is 0 Å². The van der Waals surface area contributed by atoms with Crippen molar-refractivity contribution in [3.63, 3.8) is 0 Å². The number of methoxy groups -OCH3 is 2. The summed E-state index contributed by atoms with van der Waals surface area (Å²) in [6, 6.07) is 25.3. The Morgan fingerprint density at radius 1 is 0.673 bits per heavy atom. The molecule has 0 saturated carbocycles. The van der Waals surface area contributed by atoms with Gasteiger partial charge in [-0.25, -0.2) is 15.0 Å². The van der Waals surface area contributed by atoms with E-state index in [0.717, 1.165) is 122 Å². The number of rotatable bonds is 13. The highest BCUT2D eigenvalue weighted by Crippen LogP contribution is 2.39. The highest BCUT2D eigenvalue weighted by atomic mass is 16.5. The average Bonchev–Trinajstić information content (AvgIpc) is 3.69. The van der Waals surface area contributed by atoms with E-state index in [-0.39, 0.29) is 0 Å².